The van der Waals surface area contributed by atoms with E-state index >= 15 is 0 Å². The standard InChI is InChI=1S/C15H30NO3P.ClH/c1-3-4-12-18-20(2,17)19-13-14-8-7-11-16-10-6-5-9-15(14)16;/h14-15H,3-13H2,1-2H3;1H/t14-,15+,20?;/m0./s1. The lowest BCUT2D eigenvalue weighted by molar-refractivity contribution is -0.940. The highest BCUT2D eigenvalue weighted by atomic mass is 35.5. The van der Waals surface area contributed by atoms with Crippen molar-refractivity contribution in [3.63, 3.8) is 0 Å². The van der Waals surface area contributed by atoms with Gasteiger partial charge in [0.2, 0.25) is 0 Å². The molecule has 0 aromatic carbocycles. The normalized spacial score (nSPS) is 31.8. The summed E-state index contributed by atoms with van der Waals surface area (Å²) in [6.45, 7) is 7.53. The molecule has 21 heavy (non-hydrogen) atoms. The molecule has 126 valence electrons. The molecule has 6 heteroatoms. The number of halogens is 1. The molecule has 2 rings (SSSR count). The third kappa shape index (κ3) is 6.19. The number of rotatable bonds is 7. The second-order valence-corrected chi connectivity index (χ2v) is 8.48. The summed E-state index contributed by atoms with van der Waals surface area (Å²) >= 11 is 0. The van der Waals surface area contributed by atoms with Crippen LogP contribution in [0, 0.1) is 5.92 Å². The number of hydrogen-bond acceptors (Lipinski definition) is 3. The molecular weight excluding hydrogens is 309 g/mol. The summed E-state index contributed by atoms with van der Waals surface area (Å²) in [6, 6.07) is 0.730. The van der Waals surface area contributed by atoms with Crippen LogP contribution in [0.5, 0.6) is 0 Å². The van der Waals surface area contributed by atoms with E-state index in [-0.39, 0.29) is 12.4 Å². The Bertz CT molecular complexity index is 341. The fraction of sp³-hybridized carbons (Fsp3) is 1.00. The number of nitrogens with one attached hydrogen (secondary N) is 1. The highest BCUT2D eigenvalue weighted by Gasteiger charge is 2.37. The minimum atomic E-state index is -2.85. The molecule has 0 bridgehead atoms. The van der Waals surface area contributed by atoms with Crippen molar-refractivity contribution in [2.45, 2.75) is 57.9 Å². The van der Waals surface area contributed by atoms with Crippen molar-refractivity contribution in [2.24, 2.45) is 5.92 Å². The second kappa shape index (κ2) is 9.52. The molecule has 2 aliphatic heterocycles. The van der Waals surface area contributed by atoms with Gasteiger partial charge in [-0.1, -0.05) is 13.3 Å². The smallest absolute Gasteiger partial charge is 0.327 e. The van der Waals surface area contributed by atoms with Gasteiger partial charge in [0, 0.05) is 12.6 Å². The van der Waals surface area contributed by atoms with Crippen molar-refractivity contribution in [2.75, 3.05) is 33.0 Å². The molecule has 0 aromatic rings. The number of hydrogen-bond donors (Lipinski definition) is 1. The van der Waals surface area contributed by atoms with Crippen LogP contribution in [0.2, 0.25) is 0 Å². The third-order valence-electron chi connectivity index (χ3n) is 4.78. The summed E-state index contributed by atoms with van der Waals surface area (Å²) in [5.41, 5.74) is 0. The van der Waals surface area contributed by atoms with Gasteiger partial charge in [-0.3, -0.25) is 4.57 Å². The minimum absolute atomic E-state index is 0. The molecule has 0 aromatic heterocycles. The quantitative estimate of drug-likeness (QED) is 0.502. The van der Waals surface area contributed by atoms with E-state index in [2.05, 4.69) is 6.92 Å². The second-order valence-electron chi connectivity index (χ2n) is 6.42. The van der Waals surface area contributed by atoms with Crippen molar-refractivity contribution < 1.29 is 30.9 Å². The Morgan fingerprint density at radius 3 is 2.67 bits per heavy atom. The van der Waals surface area contributed by atoms with Gasteiger partial charge in [0.15, 0.2) is 0 Å². The first kappa shape index (κ1) is 19.4. The van der Waals surface area contributed by atoms with Crippen molar-refractivity contribution in [1.29, 1.82) is 0 Å². The highest BCUT2D eigenvalue weighted by Crippen LogP contribution is 2.44. The van der Waals surface area contributed by atoms with Gasteiger partial charge in [-0.15, -0.1) is 0 Å². The van der Waals surface area contributed by atoms with Crippen molar-refractivity contribution in [3.05, 3.63) is 0 Å². The van der Waals surface area contributed by atoms with Gasteiger partial charge in [0.25, 0.3) is 0 Å². The number of fused-ring (bicyclic) bond motifs is 1. The molecule has 2 heterocycles. The first-order chi connectivity index (χ1) is 9.62. The molecule has 4 nitrogen and oxygen atoms in total. The van der Waals surface area contributed by atoms with Gasteiger partial charge in [-0.05, 0) is 38.5 Å². The Balaban J connectivity index is 0.00000220. The lowest BCUT2D eigenvalue weighted by Gasteiger charge is -2.41. The maximum atomic E-state index is 12.2. The zero-order valence-electron chi connectivity index (χ0n) is 13.5. The van der Waals surface area contributed by atoms with E-state index in [1.807, 2.05) is 0 Å². The lowest BCUT2D eigenvalue weighted by Crippen LogP contribution is -3.18. The fourth-order valence-electron chi connectivity index (χ4n) is 3.62. The molecular formula is C15H31ClNO3P. The van der Waals surface area contributed by atoms with Crippen LogP contribution >= 0.6 is 7.60 Å². The van der Waals surface area contributed by atoms with Crippen LogP contribution in [0.15, 0.2) is 0 Å². The van der Waals surface area contributed by atoms with E-state index < -0.39 is 7.60 Å². The number of piperidine rings is 2. The zero-order valence-corrected chi connectivity index (χ0v) is 15.1. The van der Waals surface area contributed by atoms with Crippen LogP contribution in [0.3, 0.4) is 0 Å². The van der Waals surface area contributed by atoms with Gasteiger partial charge < -0.3 is 26.4 Å². The summed E-state index contributed by atoms with van der Waals surface area (Å²) in [4.78, 5) is 1.76. The summed E-state index contributed by atoms with van der Waals surface area (Å²) in [5.74, 6) is 0.571. The van der Waals surface area contributed by atoms with E-state index in [1.54, 1.807) is 11.6 Å². The Kier molecular flexibility index (Phi) is 8.82. The van der Waals surface area contributed by atoms with Crippen LogP contribution in [0.1, 0.15) is 51.9 Å². The van der Waals surface area contributed by atoms with Crippen LogP contribution in [0.25, 0.3) is 0 Å². The van der Waals surface area contributed by atoms with Crippen molar-refractivity contribution >= 4 is 7.60 Å². The van der Waals surface area contributed by atoms with Gasteiger partial charge in [0.1, 0.15) is 0 Å². The van der Waals surface area contributed by atoms with Gasteiger partial charge in [-0.25, -0.2) is 0 Å². The predicted octanol–water partition coefficient (Wildman–Crippen LogP) is -0.506. The van der Waals surface area contributed by atoms with Crippen molar-refractivity contribution in [3.8, 4) is 0 Å². The SMILES string of the molecule is CCCCOP(C)(=O)OC[C@@H]1CCC[NH+]2CCCC[C@H]12.[Cl-]. The maximum Gasteiger partial charge on any atom is 0.327 e. The predicted molar refractivity (Wildman–Crippen MR) is 81.4 cm³/mol. The van der Waals surface area contributed by atoms with Crippen LogP contribution in [-0.2, 0) is 13.6 Å². The van der Waals surface area contributed by atoms with Crippen molar-refractivity contribution in [1.82, 2.24) is 0 Å². The van der Waals surface area contributed by atoms with E-state index in [4.69, 9.17) is 9.05 Å². The zero-order chi connectivity index (χ0) is 14.4. The van der Waals surface area contributed by atoms with Crippen LogP contribution < -0.4 is 17.3 Å². The van der Waals surface area contributed by atoms with Gasteiger partial charge in [-0.2, -0.15) is 0 Å². The van der Waals surface area contributed by atoms with Gasteiger partial charge in [0.05, 0.1) is 32.3 Å². The van der Waals surface area contributed by atoms with Crippen LogP contribution in [0.4, 0.5) is 0 Å². The molecule has 0 amide bonds. The summed E-state index contributed by atoms with van der Waals surface area (Å²) in [7, 11) is -2.85. The van der Waals surface area contributed by atoms with E-state index in [1.165, 1.54) is 45.2 Å². The lowest BCUT2D eigenvalue weighted by atomic mass is 9.84. The first-order valence-electron chi connectivity index (χ1n) is 8.33. The van der Waals surface area contributed by atoms with Gasteiger partial charge >= 0.3 is 7.60 Å². The Morgan fingerprint density at radius 2 is 1.90 bits per heavy atom. The maximum absolute atomic E-state index is 12.2. The Morgan fingerprint density at radius 1 is 1.14 bits per heavy atom. The molecule has 0 spiro atoms. The van der Waals surface area contributed by atoms with E-state index in [9.17, 15) is 4.57 Å². The molecule has 1 N–H and O–H groups in total. The number of unbranched alkanes of at least 4 members (excludes halogenated alkanes) is 1. The Labute approximate surface area is 135 Å². The molecule has 4 atom stereocenters. The topological polar surface area (TPSA) is 40.0 Å². The molecule has 0 aliphatic carbocycles. The molecule has 2 fully saturated rings. The molecule has 2 aliphatic rings. The molecule has 2 unspecified atom stereocenters. The average Bonchev–Trinajstić information content (AvgIpc) is 2.45. The summed E-state index contributed by atoms with van der Waals surface area (Å²) in [5, 5.41) is 0. The summed E-state index contributed by atoms with van der Waals surface area (Å²) < 4.78 is 23.3. The average molecular weight is 340 g/mol. The van der Waals surface area contributed by atoms with Crippen LogP contribution in [-0.4, -0.2) is 39.0 Å². The largest absolute Gasteiger partial charge is 1.00 e. The number of quaternary nitrogens is 1. The fourth-order valence-corrected chi connectivity index (χ4v) is 4.62. The first-order valence-corrected chi connectivity index (χ1v) is 10.3. The monoisotopic (exact) mass is 339 g/mol. The molecule has 0 radical (unpaired) electrons. The third-order valence-corrected chi connectivity index (χ3v) is 6.05. The summed E-state index contributed by atoms with van der Waals surface area (Å²) in [6.07, 6.45) is 8.54. The Hall–Kier alpha value is 0.400. The van der Waals surface area contributed by atoms with E-state index in [0.29, 0.717) is 19.1 Å². The van der Waals surface area contributed by atoms with E-state index in [0.717, 1.165) is 18.9 Å². The minimum Gasteiger partial charge on any atom is -1.00 e. The molecule has 0 saturated carbocycles. The molecule has 2 saturated heterocycles. The highest BCUT2D eigenvalue weighted by molar-refractivity contribution is 7.52.